The lowest BCUT2D eigenvalue weighted by Crippen LogP contribution is -2.41. The number of amides is 2. The minimum atomic E-state index is -1.07. The summed E-state index contributed by atoms with van der Waals surface area (Å²) in [6.45, 7) is 0. The second kappa shape index (κ2) is 7.54. The summed E-state index contributed by atoms with van der Waals surface area (Å²) < 4.78 is 0. The lowest BCUT2D eigenvalue weighted by atomic mass is 10.1. The Bertz CT molecular complexity index is 502. The maximum absolute atomic E-state index is 11.9. The van der Waals surface area contributed by atoms with E-state index in [4.69, 9.17) is 10.8 Å². The maximum atomic E-state index is 11.9. The van der Waals surface area contributed by atoms with Crippen molar-refractivity contribution >= 4 is 29.5 Å². The van der Waals surface area contributed by atoms with Crippen molar-refractivity contribution in [3.8, 4) is 0 Å². The predicted molar refractivity (Wildman–Crippen MR) is 76.8 cm³/mol. The minimum absolute atomic E-state index is 0.283. The summed E-state index contributed by atoms with van der Waals surface area (Å²) in [5.41, 5.74) is 5.67. The van der Waals surface area contributed by atoms with E-state index >= 15 is 0 Å². The van der Waals surface area contributed by atoms with Crippen molar-refractivity contribution in [3.05, 3.63) is 35.4 Å². The fourth-order valence-electron chi connectivity index (χ4n) is 1.52. The number of carboxylic acid groups (broad SMARTS) is 1. The number of rotatable bonds is 7. The zero-order valence-corrected chi connectivity index (χ0v) is 11.8. The second-order valence-electron chi connectivity index (χ2n) is 4.09. The van der Waals surface area contributed by atoms with E-state index in [1.165, 1.54) is 36.0 Å². The first-order valence-corrected chi connectivity index (χ1v) is 7.27. The van der Waals surface area contributed by atoms with Gasteiger partial charge in [0, 0.05) is 11.1 Å². The topological polar surface area (TPSA) is 109 Å². The number of carbonyl (C=O) groups excluding carboxylic acids is 2. The SMILES string of the molecule is CSCC[C@H](NC(=O)c1ccc(C(N)=O)cc1)C(=O)O. The maximum Gasteiger partial charge on any atom is 0.326 e. The van der Waals surface area contributed by atoms with E-state index < -0.39 is 23.8 Å². The molecular formula is C13H16N2O4S. The molecule has 0 heterocycles. The van der Waals surface area contributed by atoms with Crippen molar-refractivity contribution in [1.29, 1.82) is 0 Å². The summed E-state index contributed by atoms with van der Waals surface area (Å²) in [6.07, 6.45) is 2.21. The highest BCUT2D eigenvalue weighted by Gasteiger charge is 2.20. The molecule has 0 aliphatic heterocycles. The summed E-state index contributed by atoms with van der Waals surface area (Å²) in [5, 5.41) is 11.5. The van der Waals surface area contributed by atoms with Crippen molar-refractivity contribution in [2.24, 2.45) is 5.73 Å². The van der Waals surface area contributed by atoms with Crippen LogP contribution in [-0.4, -0.2) is 40.9 Å². The van der Waals surface area contributed by atoms with Crippen molar-refractivity contribution in [1.82, 2.24) is 5.32 Å². The fourth-order valence-corrected chi connectivity index (χ4v) is 1.99. The Labute approximate surface area is 120 Å². The van der Waals surface area contributed by atoms with Gasteiger partial charge in [-0.1, -0.05) is 0 Å². The number of hydrogen-bond donors (Lipinski definition) is 3. The highest BCUT2D eigenvalue weighted by molar-refractivity contribution is 7.98. The first kappa shape index (κ1) is 16.0. The average molecular weight is 296 g/mol. The van der Waals surface area contributed by atoms with Gasteiger partial charge in [-0.05, 0) is 42.7 Å². The number of carboxylic acids is 1. The van der Waals surface area contributed by atoms with Crippen LogP contribution in [0.3, 0.4) is 0 Å². The molecule has 6 nitrogen and oxygen atoms in total. The lowest BCUT2D eigenvalue weighted by Gasteiger charge is -2.14. The van der Waals surface area contributed by atoms with Gasteiger partial charge in [-0.3, -0.25) is 9.59 Å². The number of primary amides is 1. The van der Waals surface area contributed by atoms with E-state index in [0.29, 0.717) is 17.7 Å². The molecule has 7 heteroatoms. The first-order chi connectivity index (χ1) is 9.45. The molecule has 0 saturated heterocycles. The third-order valence-corrected chi connectivity index (χ3v) is 3.29. The van der Waals surface area contributed by atoms with E-state index in [2.05, 4.69) is 5.32 Å². The van der Waals surface area contributed by atoms with Crippen LogP contribution < -0.4 is 11.1 Å². The Kier molecular flexibility index (Phi) is 6.05. The third kappa shape index (κ3) is 4.58. The van der Waals surface area contributed by atoms with E-state index in [1.807, 2.05) is 6.26 Å². The van der Waals surface area contributed by atoms with Gasteiger partial charge in [-0.15, -0.1) is 0 Å². The van der Waals surface area contributed by atoms with E-state index in [9.17, 15) is 14.4 Å². The molecule has 0 fully saturated rings. The molecule has 1 aromatic carbocycles. The van der Waals surface area contributed by atoms with Crippen LogP contribution in [0.25, 0.3) is 0 Å². The number of benzene rings is 1. The van der Waals surface area contributed by atoms with Crippen LogP contribution in [-0.2, 0) is 4.79 Å². The van der Waals surface area contributed by atoms with Gasteiger partial charge in [0.25, 0.3) is 5.91 Å². The van der Waals surface area contributed by atoms with Crippen molar-refractivity contribution in [3.63, 3.8) is 0 Å². The zero-order chi connectivity index (χ0) is 15.1. The number of nitrogens with one attached hydrogen (secondary N) is 1. The quantitative estimate of drug-likeness (QED) is 0.687. The van der Waals surface area contributed by atoms with Crippen LogP contribution >= 0.6 is 11.8 Å². The summed E-state index contributed by atoms with van der Waals surface area (Å²) in [6, 6.07) is 4.79. The number of aliphatic carboxylic acids is 1. The molecule has 0 spiro atoms. The molecule has 0 aromatic heterocycles. The number of thioether (sulfide) groups is 1. The number of hydrogen-bond acceptors (Lipinski definition) is 4. The summed E-state index contributed by atoms with van der Waals surface area (Å²) in [5.74, 6) is -1.51. The zero-order valence-electron chi connectivity index (χ0n) is 11.0. The first-order valence-electron chi connectivity index (χ1n) is 5.88. The summed E-state index contributed by atoms with van der Waals surface area (Å²) >= 11 is 1.51. The van der Waals surface area contributed by atoms with Gasteiger partial charge >= 0.3 is 5.97 Å². The molecule has 0 radical (unpaired) electrons. The Morgan fingerprint density at radius 3 is 2.25 bits per heavy atom. The molecule has 20 heavy (non-hydrogen) atoms. The predicted octanol–water partition coefficient (Wildman–Crippen LogP) is 0.722. The minimum Gasteiger partial charge on any atom is -0.480 e. The molecule has 0 aliphatic rings. The fraction of sp³-hybridized carbons (Fsp3) is 0.308. The molecule has 108 valence electrons. The number of nitrogens with two attached hydrogens (primary N) is 1. The molecule has 0 bridgehead atoms. The van der Waals surface area contributed by atoms with Crippen LogP contribution in [0.2, 0.25) is 0 Å². The smallest absolute Gasteiger partial charge is 0.326 e. The van der Waals surface area contributed by atoms with Crippen LogP contribution in [0, 0.1) is 0 Å². The van der Waals surface area contributed by atoms with E-state index in [1.54, 1.807) is 0 Å². The largest absolute Gasteiger partial charge is 0.480 e. The number of carbonyl (C=O) groups is 3. The van der Waals surface area contributed by atoms with Crippen LogP contribution in [0.5, 0.6) is 0 Å². The molecule has 1 rings (SSSR count). The Morgan fingerprint density at radius 2 is 1.80 bits per heavy atom. The Balaban J connectivity index is 2.73. The standard InChI is InChI=1S/C13H16N2O4S/c1-20-7-6-10(13(18)19)15-12(17)9-4-2-8(3-5-9)11(14)16/h2-5,10H,6-7H2,1H3,(H2,14,16)(H,15,17)(H,18,19)/t10-/m0/s1. The van der Waals surface area contributed by atoms with Gasteiger partial charge in [-0.2, -0.15) is 11.8 Å². The molecule has 4 N–H and O–H groups in total. The van der Waals surface area contributed by atoms with Gasteiger partial charge in [-0.25, -0.2) is 4.79 Å². The molecule has 1 atom stereocenters. The van der Waals surface area contributed by atoms with Crippen LogP contribution in [0.1, 0.15) is 27.1 Å². The van der Waals surface area contributed by atoms with Crippen LogP contribution in [0.4, 0.5) is 0 Å². The molecule has 0 saturated carbocycles. The molecular weight excluding hydrogens is 280 g/mol. The van der Waals surface area contributed by atoms with E-state index in [-0.39, 0.29) is 5.56 Å². The van der Waals surface area contributed by atoms with Gasteiger partial charge in [0.2, 0.25) is 5.91 Å². The van der Waals surface area contributed by atoms with Crippen molar-refractivity contribution in [2.45, 2.75) is 12.5 Å². The lowest BCUT2D eigenvalue weighted by molar-refractivity contribution is -0.139. The second-order valence-corrected chi connectivity index (χ2v) is 5.07. The van der Waals surface area contributed by atoms with Gasteiger partial charge in [0.1, 0.15) is 6.04 Å². The van der Waals surface area contributed by atoms with E-state index in [0.717, 1.165) is 0 Å². The van der Waals surface area contributed by atoms with Gasteiger partial charge < -0.3 is 16.2 Å². The highest BCUT2D eigenvalue weighted by atomic mass is 32.2. The summed E-state index contributed by atoms with van der Waals surface area (Å²) in [4.78, 5) is 33.8. The monoisotopic (exact) mass is 296 g/mol. The third-order valence-electron chi connectivity index (χ3n) is 2.65. The Morgan fingerprint density at radius 1 is 1.25 bits per heavy atom. The van der Waals surface area contributed by atoms with Gasteiger partial charge in [0.15, 0.2) is 0 Å². The van der Waals surface area contributed by atoms with Crippen LogP contribution in [0.15, 0.2) is 24.3 Å². The average Bonchev–Trinajstić information content (AvgIpc) is 2.42. The normalized spacial score (nSPS) is 11.7. The highest BCUT2D eigenvalue weighted by Crippen LogP contribution is 2.06. The molecule has 2 amide bonds. The van der Waals surface area contributed by atoms with Crippen molar-refractivity contribution in [2.75, 3.05) is 12.0 Å². The Hall–Kier alpha value is -2.02. The molecule has 1 aromatic rings. The van der Waals surface area contributed by atoms with Crippen molar-refractivity contribution < 1.29 is 19.5 Å². The molecule has 0 unspecified atom stereocenters. The van der Waals surface area contributed by atoms with Gasteiger partial charge in [0.05, 0.1) is 0 Å². The summed E-state index contributed by atoms with van der Waals surface area (Å²) in [7, 11) is 0. The molecule has 0 aliphatic carbocycles.